The summed E-state index contributed by atoms with van der Waals surface area (Å²) >= 11 is 5.85. The Morgan fingerprint density at radius 3 is 2.80 bits per heavy atom. The maximum absolute atomic E-state index is 13.4. The topological polar surface area (TPSA) is 73.1 Å². The standard InChI is InChI=1S/C14H8ClFN2O2/c15-11-5-4-8(19)6-9(11)14(20)18-13-3-1-2-12(16)10(13)7-17/h1-6,19H,(H,18,20). The molecule has 2 aromatic rings. The van der Waals surface area contributed by atoms with Crippen molar-refractivity contribution in [3.8, 4) is 11.8 Å². The van der Waals surface area contributed by atoms with Crippen molar-refractivity contribution in [2.24, 2.45) is 0 Å². The normalized spacial score (nSPS) is 9.85. The number of carbonyl (C=O) groups excluding carboxylic acids is 1. The molecule has 0 saturated carbocycles. The van der Waals surface area contributed by atoms with Crippen LogP contribution in [0.4, 0.5) is 10.1 Å². The van der Waals surface area contributed by atoms with Gasteiger partial charge < -0.3 is 10.4 Å². The number of amides is 1. The first-order valence-electron chi connectivity index (χ1n) is 5.51. The molecule has 0 bridgehead atoms. The lowest BCUT2D eigenvalue weighted by Crippen LogP contribution is -2.13. The first kappa shape index (κ1) is 13.8. The van der Waals surface area contributed by atoms with E-state index in [1.54, 1.807) is 6.07 Å². The molecular formula is C14H8ClFN2O2. The van der Waals surface area contributed by atoms with Crippen LogP contribution in [0.3, 0.4) is 0 Å². The molecule has 2 rings (SSSR count). The van der Waals surface area contributed by atoms with Crippen LogP contribution in [0.15, 0.2) is 36.4 Å². The van der Waals surface area contributed by atoms with E-state index in [-0.39, 0.29) is 27.6 Å². The van der Waals surface area contributed by atoms with Crippen LogP contribution in [-0.4, -0.2) is 11.0 Å². The SMILES string of the molecule is N#Cc1c(F)cccc1NC(=O)c1cc(O)ccc1Cl. The highest BCUT2D eigenvalue weighted by Gasteiger charge is 2.15. The van der Waals surface area contributed by atoms with E-state index in [9.17, 15) is 14.3 Å². The number of rotatable bonds is 2. The van der Waals surface area contributed by atoms with Crippen molar-refractivity contribution in [1.29, 1.82) is 5.26 Å². The van der Waals surface area contributed by atoms with E-state index in [2.05, 4.69) is 5.32 Å². The van der Waals surface area contributed by atoms with Crippen molar-refractivity contribution in [1.82, 2.24) is 0 Å². The van der Waals surface area contributed by atoms with Crippen molar-refractivity contribution in [3.63, 3.8) is 0 Å². The van der Waals surface area contributed by atoms with Crippen molar-refractivity contribution in [2.75, 3.05) is 5.32 Å². The Hall–Kier alpha value is -2.58. The highest BCUT2D eigenvalue weighted by Crippen LogP contribution is 2.24. The predicted molar refractivity (Wildman–Crippen MR) is 72.2 cm³/mol. The Labute approximate surface area is 119 Å². The zero-order chi connectivity index (χ0) is 14.7. The maximum atomic E-state index is 13.4. The van der Waals surface area contributed by atoms with Gasteiger partial charge in [-0.05, 0) is 30.3 Å². The number of aromatic hydroxyl groups is 1. The highest BCUT2D eigenvalue weighted by atomic mass is 35.5. The molecule has 0 atom stereocenters. The largest absolute Gasteiger partial charge is 0.508 e. The summed E-state index contributed by atoms with van der Waals surface area (Å²) in [6, 6.07) is 9.45. The van der Waals surface area contributed by atoms with Crippen LogP contribution in [0, 0.1) is 17.1 Å². The van der Waals surface area contributed by atoms with Crippen molar-refractivity contribution in [2.45, 2.75) is 0 Å². The summed E-state index contributed by atoms with van der Waals surface area (Å²) in [6.45, 7) is 0. The molecule has 0 saturated heterocycles. The lowest BCUT2D eigenvalue weighted by molar-refractivity contribution is 0.102. The second-order valence-electron chi connectivity index (χ2n) is 3.89. The Morgan fingerprint density at radius 1 is 1.35 bits per heavy atom. The summed E-state index contributed by atoms with van der Waals surface area (Å²) in [7, 11) is 0. The second-order valence-corrected chi connectivity index (χ2v) is 4.30. The quantitative estimate of drug-likeness (QED) is 0.891. The molecule has 0 unspecified atom stereocenters. The van der Waals surface area contributed by atoms with E-state index < -0.39 is 11.7 Å². The van der Waals surface area contributed by atoms with Gasteiger partial charge in [-0.25, -0.2) is 4.39 Å². The van der Waals surface area contributed by atoms with Gasteiger partial charge in [0.05, 0.1) is 16.3 Å². The summed E-state index contributed by atoms with van der Waals surface area (Å²) in [5.74, 6) is -1.50. The molecular weight excluding hydrogens is 283 g/mol. The number of anilines is 1. The summed E-state index contributed by atoms with van der Waals surface area (Å²) < 4.78 is 13.4. The highest BCUT2D eigenvalue weighted by molar-refractivity contribution is 6.34. The molecule has 2 N–H and O–H groups in total. The number of phenols is 1. The van der Waals surface area contributed by atoms with Gasteiger partial charge in [0, 0.05) is 0 Å². The Kier molecular flexibility index (Phi) is 3.87. The van der Waals surface area contributed by atoms with E-state index in [0.717, 1.165) is 6.07 Å². The van der Waals surface area contributed by atoms with Gasteiger partial charge in [0.25, 0.3) is 5.91 Å². The first-order chi connectivity index (χ1) is 9.52. The fourth-order valence-corrected chi connectivity index (χ4v) is 1.82. The van der Waals surface area contributed by atoms with E-state index in [0.29, 0.717) is 0 Å². The lowest BCUT2D eigenvalue weighted by atomic mass is 10.1. The number of nitrogens with zero attached hydrogens (tertiary/aromatic N) is 1. The average molecular weight is 291 g/mol. The number of hydrogen-bond donors (Lipinski definition) is 2. The zero-order valence-electron chi connectivity index (χ0n) is 10.0. The van der Waals surface area contributed by atoms with Crippen LogP contribution in [0.25, 0.3) is 0 Å². The molecule has 4 nitrogen and oxygen atoms in total. The van der Waals surface area contributed by atoms with Crippen molar-refractivity contribution >= 4 is 23.2 Å². The van der Waals surface area contributed by atoms with Crippen LogP contribution < -0.4 is 5.32 Å². The molecule has 20 heavy (non-hydrogen) atoms. The number of nitrogens with one attached hydrogen (secondary N) is 1. The third-order valence-electron chi connectivity index (χ3n) is 2.57. The van der Waals surface area contributed by atoms with Gasteiger partial charge in [-0.1, -0.05) is 17.7 Å². The minimum atomic E-state index is -0.729. The van der Waals surface area contributed by atoms with Gasteiger partial charge in [0.15, 0.2) is 0 Å². The van der Waals surface area contributed by atoms with Gasteiger partial charge in [-0.15, -0.1) is 0 Å². The monoisotopic (exact) mass is 290 g/mol. The summed E-state index contributed by atoms with van der Waals surface area (Å²) in [5, 5.41) is 20.7. The van der Waals surface area contributed by atoms with Crippen LogP contribution in [-0.2, 0) is 0 Å². The van der Waals surface area contributed by atoms with Gasteiger partial charge in [-0.3, -0.25) is 4.79 Å². The van der Waals surface area contributed by atoms with Gasteiger partial charge in [0.1, 0.15) is 23.2 Å². The predicted octanol–water partition coefficient (Wildman–Crippen LogP) is 3.31. The molecule has 0 fully saturated rings. The zero-order valence-corrected chi connectivity index (χ0v) is 10.8. The van der Waals surface area contributed by atoms with Gasteiger partial charge in [0.2, 0.25) is 0 Å². The maximum Gasteiger partial charge on any atom is 0.257 e. The van der Waals surface area contributed by atoms with Crippen molar-refractivity contribution < 1.29 is 14.3 Å². The molecule has 0 aromatic heterocycles. The number of carbonyl (C=O) groups is 1. The Morgan fingerprint density at radius 2 is 2.10 bits per heavy atom. The molecule has 0 radical (unpaired) electrons. The van der Waals surface area contributed by atoms with Crippen LogP contribution in [0.2, 0.25) is 5.02 Å². The van der Waals surface area contributed by atoms with Crippen LogP contribution >= 0.6 is 11.6 Å². The van der Waals surface area contributed by atoms with E-state index in [4.69, 9.17) is 16.9 Å². The fourth-order valence-electron chi connectivity index (χ4n) is 1.62. The number of phenolic OH excluding ortho intramolecular Hbond substituents is 1. The van der Waals surface area contributed by atoms with Crippen molar-refractivity contribution in [3.05, 3.63) is 58.4 Å². The summed E-state index contributed by atoms with van der Waals surface area (Å²) in [5.41, 5.74) is -0.200. The molecule has 0 aliphatic rings. The summed E-state index contributed by atoms with van der Waals surface area (Å²) in [6.07, 6.45) is 0. The molecule has 0 heterocycles. The molecule has 0 spiro atoms. The van der Waals surface area contributed by atoms with E-state index in [1.165, 1.54) is 30.3 Å². The second kappa shape index (κ2) is 5.59. The number of nitriles is 1. The van der Waals surface area contributed by atoms with Gasteiger partial charge >= 0.3 is 0 Å². The number of hydrogen-bond acceptors (Lipinski definition) is 3. The smallest absolute Gasteiger partial charge is 0.257 e. The van der Waals surface area contributed by atoms with Gasteiger partial charge in [-0.2, -0.15) is 5.26 Å². The third-order valence-corrected chi connectivity index (χ3v) is 2.90. The fraction of sp³-hybridized carbons (Fsp3) is 0. The molecule has 100 valence electrons. The number of halogens is 2. The van der Waals surface area contributed by atoms with Crippen LogP contribution in [0.5, 0.6) is 5.75 Å². The molecule has 6 heteroatoms. The first-order valence-corrected chi connectivity index (χ1v) is 5.89. The lowest BCUT2D eigenvalue weighted by Gasteiger charge is -2.09. The Bertz CT molecular complexity index is 726. The molecule has 0 aliphatic carbocycles. The average Bonchev–Trinajstić information content (AvgIpc) is 2.41. The third kappa shape index (κ3) is 2.71. The minimum Gasteiger partial charge on any atom is -0.508 e. The van der Waals surface area contributed by atoms with E-state index >= 15 is 0 Å². The van der Waals surface area contributed by atoms with E-state index in [1.807, 2.05) is 0 Å². The molecule has 2 aromatic carbocycles. The minimum absolute atomic E-state index is 0.0276. The summed E-state index contributed by atoms with van der Waals surface area (Å²) in [4.78, 5) is 12.0. The molecule has 1 amide bonds. The molecule has 0 aliphatic heterocycles. The van der Waals surface area contributed by atoms with Crippen LogP contribution in [0.1, 0.15) is 15.9 Å². The Balaban J connectivity index is 2.36. The number of benzene rings is 2.